The molecule has 0 aromatic rings. The van der Waals surface area contributed by atoms with Gasteiger partial charge >= 0.3 is 0 Å². The third-order valence-electron chi connectivity index (χ3n) is 2.07. The number of hydrogen-bond acceptors (Lipinski definition) is 5. The molecule has 0 aromatic carbocycles. The molecule has 6 heteroatoms. The average molecular weight is 188 g/mol. The van der Waals surface area contributed by atoms with Crippen molar-refractivity contribution in [3.63, 3.8) is 0 Å². The molecule has 0 saturated carbocycles. The number of nitrogens with two attached hydrogens (primary N) is 1. The summed E-state index contributed by atoms with van der Waals surface area (Å²) in [6.45, 7) is 2.20. The molecule has 2 saturated heterocycles. The van der Waals surface area contributed by atoms with Crippen molar-refractivity contribution in [3.8, 4) is 0 Å². The zero-order valence-electron chi connectivity index (χ0n) is 7.33. The molecule has 74 valence electrons. The van der Waals surface area contributed by atoms with E-state index in [1.165, 1.54) is 0 Å². The highest BCUT2D eigenvalue weighted by Crippen LogP contribution is 2.37. The number of hydrogen-bond donors (Lipinski definition) is 2. The maximum absolute atomic E-state index is 11.0. The van der Waals surface area contributed by atoms with Crippen molar-refractivity contribution in [2.75, 3.05) is 19.8 Å². The van der Waals surface area contributed by atoms with Crippen LogP contribution in [0.1, 0.15) is 6.92 Å². The summed E-state index contributed by atoms with van der Waals surface area (Å²) in [5, 5.41) is 2.62. The number of carbonyl (C=O) groups is 1. The molecule has 3 N–H and O–H groups in total. The summed E-state index contributed by atoms with van der Waals surface area (Å²) in [6, 6.07) is 0. The fourth-order valence-corrected chi connectivity index (χ4v) is 1.45. The zero-order chi connectivity index (χ0) is 9.53. The highest BCUT2D eigenvalue weighted by atomic mass is 16.9. The average Bonchev–Trinajstić information content (AvgIpc) is 2.57. The largest absolute Gasteiger partial charge is 0.323 e. The SMILES string of the molecule is CC12OCC(NC(=O)CN)(CO1)O2. The van der Waals surface area contributed by atoms with Crippen molar-refractivity contribution < 1.29 is 19.0 Å². The smallest absolute Gasteiger partial charge is 0.282 e. The minimum atomic E-state index is -0.998. The number of amides is 1. The van der Waals surface area contributed by atoms with Gasteiger partial charge in [0.05, 0.1) is 6.54 Å². The molecule has 13 heavy (non-hydrogen) atoms. The molecule has 2 bridgehead atoms. The topological polar surface area (TPSA) is 82.8 Å². The fraction of sp³-hybridized carbons (Fsp3) is 0.857. The minimum absolute atomic E-state index is 0.0676. The molecule has 6 nitrogen and oxygen atoms in total. The van der Waals surface area contributed by atoms with Gasteiger partial charge in [-0.15, -0.1) is 0 Å². The summed E-state index contributed by atoms with van der Waals surface area (Å²) in [6.07, 6.45) is 0. The van der Waals surface area contributed by atoms with E-state index in [0.29, 0.717) is 13.2 Å². The van der Waals surface area contributed by atoms with Gasteiger partial charge in [0.15, 0.2) is 5.72 Å². The van der Waals surface area contributed by atoms with Crippen LogP contribution >= 0.6 is 0 Å². The Morgan fingerprint density at radius 2 is 2.15 bits per heavy atom. The Bertz CT molecular complexity index is 235. The first kappa shape index (κ1) is 8.89. The molecular formula is C7H12N2O4. The first-order chi connectivity index (χ1) is 6.08. The Labute approximate surface area is 75.3 Å². The minimum Gasteiger partial charge on any atom is -0.323 e. The van der Waals surface area contributed by atoms with Crippen LogP contribution in [0, 0.1) is 0 Å². The van der Waals surface area contributed by atoms with E-state index >= 15 is 0 Å². The van der Waals surface area contributed by atoms with Crippen LogP contribution in [0.4, 0.5) is 0 Å². The second-order valence-electron chi connectivity index (χ2n) is 3.29. The lowest BCUT2D eigenvalue weighted by molar-refractivity contribution is -0.285. The third-order valence-corrected chi connectivity index (χ3v) is 2.07. The van der Waals surface area contributed by atoms with Gasteiger partial charge in [-0.25, -0.2) is 0 Å². The van der Waals surface area contributed by atoms with Gasteiger partial charge in [-0.3, -0.25) is 9.53 Å². The zero-order valence-corrected chi connectivity index (χ0v) is 7.33. The van der Waals surface area contributed by atoms with Crippen LogP contribution < -0.4 is 11.1 Å². The standard InChI is InChI=1S/C7H12N2O4/c1-6-11-3-7(13-6,4-12-6)9-5(10)2-8/h2-4,8H2,1H3,(H,9,10). The molecule has 2 aliphatic heterocycles. The van der Waals surface area contributed by atoms with Crippen molar-refractivity contribution in [1.82, 2.24) is 5.32 Å². The molecule has 2 aliphatic rings. The van der Waals surface area contributed by atoms with Gasteiger partial charge in [0.1, 0.15) is 13.2 Å². The van der Waals surface area contributed by atoms with Gasteiger partial charge in [0.25, 0.3) is 5.97 Å². The first-order valence-electron chi connectivity index (χ1n) is 4.07. The maximum atomic E-state index is 11.0. The van der Waals surface area contributed by atoms with E-state index in [0.717, 1.165) is 0 Å². The van der Waals surface area contributed by atoms with E-state index in [9.17, 15) is 4.79 Å². The second-order valence-corrected chi connectivity index (χ2v) is 3.29. The Hall–Kier alpha value is -0.690. The van der Waals surface area contributed by atoms with E-state index in [1.54, 1.807) is 6.92 Å². The molecule has 1 amide bonds. The van der Waals surface area contributed by atoms with Crippen LogP contribution in [0.2, 0.25) is 0 Å². The summed E-state index contributed by atoms with van der Waals surface area (Å²) in [4.78, 5) is 11.0. The van der Waals surface area contributed by atoms with Crippen LogP contribution in [-0.4, -0.2) is 37.4 Å². The van der Waals surface area contributed by atoms with Crippen molar-refractivity contribution in [2.45, 2.75) is 18.6 Å². The predicted molar refractivity (Wildman–Crippen MR) is 41.3 cm³/mol. The third kappa shape index (κ3) is 1.42. The lowest BCUT2D eigenvalue weighted by Gasteiger charge is -2.23. The van der Waals surface area contributed by atoms with E-state index in [1.807, 2.05) is 0 Å². The number of ether oxygens (including phenoxy) is 3. The Morgan fingerprint density at radius 1 is 1.54 bits per heavy atom. The molecule has 2 rings (SSSR count). The van der Waals surface area contributed by atoms with Gasteiger partial charge < -0.3 is 20.5 Å². The van der Waals surface area contributed by atoms with Crippen LogP contribution in [-0.2, 0) is 19.0 Å². The molecule has 0 atom stereocenters. The Morgan fingerprint density at radius 3 is 2.54 bits per heavy atom. The molecule has 0 unspecified atom stereocenters. The van der Waals surface area contributed by atoms with Gasteiger partial charge in [-0.05, 0) is 0 Å². The van der Waals surface area contributed by atoms with Gasteiger partial charge in [-0.2, -0.15) is 0 Å². The van der Waals surface area contributed by atoms with Crippen molar-refractivity contribution in [1.29, 1.82) is 0 Å². The quantitative estimate of drug-likeness (QED) is 0.551. The molecule has 2 fully saturated rings. The Balaban J connectivity index is 2.03. The van der Waals surface area contributed by atoms with E-state index in [2.05, 4.69) is 5.32 Å². The molecular weight excluding hydrogens is 176 g/mol. The molecule has 0 aliphatic carbocycles. The first-order valence-corrected chi connectivity index (χ1v) is 4.07. The normalized spacial score (nSPS) is 42.3. The summed E-state index contributed by atoms with van der Waals surface area (Å²) < 4.78 is 15.8. The summed E-state index contributed by atoms with van der Waals surface area (Å²) in [5.74, 6) is -1.28. The second kappa shape index (κ2) is 2.65. The maximum Gasteiger partial charge on any atom is 0.282 e. The van der Waals surface area contributed by atoms with Crippen LogP contribution in [0.5, 0.6) is 0 Å². The van der Waals surface area contributed by atoms with E-state index in [4.69, 9.17) is 19.9 Å². The number of rotatable bonds is 2. The van der Waals surface area contributed by atoms with Crippen molar-refractivity contribution in [2.24, 2.45) is 5.73 Å². The van der Waals surface area contributed by atoms with E-state index in [-0.39, 0.29) is 12.5 Å². The number of fused-ring (bicyclic) bond motifs is 2. The lowest BCUT2D eigenvalue weighted by Crippen LogP contribution is -2.53. The monoisotopic (exact) mass is 188 g/mol. The van der Waals surface area contributed by atoms with Crippen LogP contribution in [0.15, 0.2) is 0 Å². The van der Waals surface area contributed by atoms with Gasteiger partial charge in [0, 0.05) is 6.92 Å². The fourth-order valence-electron chi connectivity index (χ4n) is 1.45. The summed E-state index contributed by atoms with van der Waals surface area (Å²) in [7, 11) is 0. The Kier molecular flexibility index (Phi) is 1.81. The number of nitrogens with one attached hydrogen (secondary N) is 1. The van der Waals surface area contributed by atoms with Crippen molar-refractivity contribution in [3.05, 3.63) is 0 Å². The van der Waals surface area contributed by atoms with E-state index < -0.39 is 11.7 Å². The lowest BCUT2D eigenvalue weighted by atomic mass is 10.2. The molecule has 0 aromatic heterocycles. The van der Waals surface area contributed by atoms with Gasteiger partial charge in [0.2, 0.25) is 5.91 Å². The van der Waals surface area contributed by atoms with Crippen molar-refractivity contribution >= 4 is 5.91 Å². The van der Waals surface area contributed by atoms with Crippen LogP contribution in [0.25, 0.3) is 0 Å². The van der Waals surface area contributed by atoms with Gasteiger partial charge in [-0.1, -0.05) is 0 Å². The predicted octanol–water partition coefficient (Wildman–Crippen LogP) is -1.49. The molecule has 0 spiro atoms. The molecule has 2 heterocycles. The highest BCUT2D eigenvalue weighted by molar-refractivity contribution is 5.78. The number of carbonyl (C=O) groups excluding carboxylic acids is 1. The highest BCUT2D eigenvalue weighted by Gasteiger charge is 2.57. The summed E-state index contributed by atoms with van der Waals surface area (Å²) in [5.41, 5.74) is 4.33. The van der Waals surface area contributed by atoms with Crippen LogP contribution in [0.3, 0.4) is 0 Å². The summed E-state index contributed by atoms with van der Waals surface area (Å²) >= 11 is 0. The molecule has 0 radical (unpaired) electrons.